The van der Waals surface area contributed by atoms with Crippen molar-refractivity contribution in [3.8, 4) is 0 Å². The number of rotatable bonds is 6. The molecule has 108 valence electrons. The Bertz CT molecular complexity index is 410. The van der Waals surface area contributed by atoms with Gasteiger partial charge in [0.2, 0.25) is 0 Å². The van der Waals surface area contributed by atoms with Crippen molar-refractivity contribution >= 4 is 5.82 Å². The zero-order valence-corrected chi connectivity index (χ0v) is 12.6. The van der Waals surface area contributed by atoms with E-state index in [4.69, 9.17) is 4.74 Å². The van der Waals surface area contributed by atoms with Gasteiger partial charge in [0.25, 0.3) is 0 Å². The number of anilines is 1. The molecular formula is C14H26N4O. The fourth-order valence-corrected chi connectivity index (χ4v) is 2.80. The van der Waals surface area contributed by atoms with Crippen LogP contribution >= 0.6 is 0 Å². The third kappa shape index (κ3) is 3.28. The van der Waals surface area contributed by atoms with Crippen molar-refractivity contribution in [2.24, 2.45) is 7.05 Å². The Kier molecular flexibility index (Phi) is 4.82. The summed E-state index contributed by atoms with van der Waals surface area (Å²) >= 11 is 0. The molecule has 1 aromatic rings. The van der Waals surface area contributed by atoms with Crippen LogP contribution in [0.4, 0.5) is 5.82 Å². The number of nitrogens with zero attached hydrogens (tertiary/aromatic N) is 3. The molecule has 0 bridgehead atoms. The van der Waals surface area contributed by atoms with E-state index in [1.165, 1.54) is 24.2 Å². The highest BCUT2D eigenvalue weighted by Gasteiger charge is 2.22. The minimum atomic E-state index is 0.368. The number of hydrogen-bond donors (Lipinski definition) is 1. The first-order valence-corrected chi connectivity index (χ1v) is 7.19. The lowest BCUT2D eigenvalue weighted by molar-refractivity contribution is 0.116. The molecule has 1 atom stereocenters. The second-order valence-corrected chi connectivity index (χ2v) is 5.31. The lowest BCUT2D eigenvalue weighted by Gasteiger charge is -2.24. The van der Waals surface area contributed by atoms with E-state index in [1.807, 2.05) is 11.7 Å². The Balaban J connectivity index is 2.11. The number of aryl methyl sites for hydroxylation is 2. The molecule has 1 N–H and O–H groups in total. The average molecular weight is 266 g/mol. The summed E-state index contributed by atoms with van der Waals surface area (Å²) in [7, 11) is 4.15. The Morgan fingerprint density at radius 2 is 2.32 bits per heavy atom. The Morgan fingerprint density at radius 1 is 1.53 bits per heavy atom. The van der Waals surface area contributed by atoms with Crippen molar-refractivity contribution < 1.29 is 4.74 Å². The van der Waals surface area contributed by atoms with Gasteiger partial charge in [0, 0.05) is 39.4 Å². The maximum Gasteiger partial charge on any atom is 0.131 e. The van der Waals surface area contributed by atoms with Crippen LogP contribution in [0.25, 0.3) is 0 Å². The van der Waals surface area contributed by atoms with Gasteiger partial charge in [0.1, 0.15) is 5.82 Å². The first-order chi connectivity index (χ1) is 9.13. The third-order valence-electron chi connectivity index (χ3n) is 3.73. The van der Waals surface area contributed by atoms with Gasteiger partial charge in [-0.15, -0.1) is 0 Å². The summed E-state index contributed by atoms with van der Waals surface area (Å²) < 4.78 is 7.71. The molecule has 19 heavy (non-hydrogen) atoms. The summed E-state index contributed by atoms with van der Waals surface area (Å²) in [5.41, 5.74) is 2.41. The lowest BCUT2D eigenvalue weighted by atomic mass is 10.2. The summed E-state index contributed by atoms with van der Waals surface area (Å²) in [5.74, 6) is 1.20. The van der Waals surface area contributed by atoms with Gasteiger partial charge in [-0.25, -0.2) is 0 Å². The van der Waals surface area contributed by atoms with E-state index in [0.717, 1.165) is 31.9 Å². The fraction of sp³-hybridized carbons (Fsp3) is 0.786. The maximum absolute atomic E-state index is 5.73. The SMILES string of the molecule is CCNCc1c(C)nn(C)c1N(C)CC1CCCO1. The molecule has 5 heteroatoms. The van der Waals surface area contributed by atoms with Crippen molar-refractivity contribution in [1.29, 1.82) is 0 Å². The molecular weight excluding hydrogens is 240 g/mol. The molecule has 1 saturated heterocycles. The van der Waals surface area contributed by atoms with Gasteiger partial charge in [-0.2, -0.15) is 5.10 Å². The van der Waals surface area contributed by atoms with Crippen LogP contribution in [-0.4, -0.2) is 42.6 Å². The molecule has 0 amide bonds. The average Bonchev–Trinajstić information content (AvgIpc) is 2.94. The predicted molar refractivity (Wildman–Crippen MR) is 77.6 cm³/mol. The first-order valence-electron chi connectivity index (χ1n) is 7.19. The smallest absolute Gasteiger partial charge is 0.131 e. The monoisotopic (exact) mass is 266 g/mol. The summed E-state index contributed by atoms with van der Waals surface area (Å²) in [6.45, 7) is 7.91. The molecule has 2 rings (SSSR count). The molecule has 0 radical (unpaired) electrons. The fourth-order valence-electron chi connectivity index (χ4n) is 2.80. The van der Waals surface area contributed by atoms with E-state index >= 15 is 0 Å². The van der Waals surface area contributed by atoms with Crippen LogP contribution in [0.5, 0.6) is 0 Å². The van der Waals surface area contributed by atoms with E-state index in [1.54, 1.807) is 0 Å². The number of aromatic nitrogens is 2. The number of ether oxygens (including phenoxy) is 1. The second kappa shape index (κ2) is 6.39. The molecule has 0 aliphatic carbocycles. The second-order valence-electron chi connectivity index (χ2n) is 5.31. The molecule has 1 aliphatic heterocycles. The van der Waals surface area contributed by atoms with Crippen LogP contribution in [0.1, 0.15) is 31.0 Å². The third-order valence-corrected chi connectivity index (χ3v) is 3.73. The van der Waals surface area contributed by atoms with Crippen molar-refractivity contribution in [2.45, 2.75) is 39.3 Å². The minimum Gasteiger partial charge on any atom is -0.376 e. The van der Waals surface area contributed by atoms with E-state index in [0.29, 0.717) is 6.10 Å². The molecule has 1 fully saturated rings. The number of nitrogens with one attached hydrogen (secondary N) is 1. The maximum atomic E-state index is 5.73. The van der Waals surface area contributed by atoms with Crippen molar-refractivity contribution in [1.82, 2.24) is 15.1 Å². The lowest BCUT2D eigenvalue weighted by Crippen LogP contribution is -2.31. The van der Waals surface area contributed by atoms with Crippen LogP contribution in [0.3, 0.4) is 0 Å². The molecule has 5 nitrogen and oxygen atoms in total. The minimum absolute atomic E-state index is 0.368. The molecule has 2 heterocycles. The molecule has 1 aliphatic rings. The molecule has 0 aromatic carbocycles. The molecule has 1 aromatic heterocycles. The number of likely N-dealkylation sites (N-methyl/N-ethyl adjacent to an activating group) is 1. The van der Waals surface area contributed by atoms with Crippen LogP contribution in [0, 0.1) is 6.92 Å². The van der Waals surface area contributed by atoms with E-state index < -0.39 is 0 Å². The van der Waals surface area contributed by atoms with Gasteiger partial charge in [0.05, 0.1) is 11.8 Å². The quantitative estimate of drug-likeness (QED) is 0.846. The summed E-state index contributed by atoms with van der Waals surface area (Å²) in [6, 6.07) is 0. The van der Waals surface area contributed by atoms with Crippen LogP contribution in [-0.2, 0) is 18.3 Å². The van der Waals surface area contributed by atoms with Gasteiger partial charge in [-0.1, -0.05) is 6.92 Å². The van der Waals surface area contributed by atoms with Crippen LogP contribution in [0.15, 0.2) is 0 Å². The van der Waals surface area contributed by atoms with Crippen LogP contribution in [0.2, 0.25) is 0 Å². The first kappa shape index (κ1) is 14.3. The molecule has 0 saturated carbocycles. The number of hydrogen-bond acceptors (Lipinski definition) is 4. The molecule has 1 unspecified atom stereocenters. The summed E-state index contributed by atoms with van der Waals surface area (Å²) in [6.07, 6.45) is 2.73. The highest BCUT2D eigenvalue weighted by Crippen LogP contribution is 2.24. The highest BCUT2D eigenvalue weighted by molar-refractivity contribution is 5.49. The van der Waals surface area contributed by atoms with Crippen LogP contribution < -0.4 is 10.2 Å². The topological polar surface area (TPSA) is 42.3 Å². The standard InChI is InChI=1S/C14H26N4O/c1-5-15-9-13-11(2)16-18(4)14(13)17(3)10-12-7-6-8-19-12/h12,15H,5-10H2,1-4H3. The van der Waals surface area contributed by atoms with E-state index in [9.17, 15) is 0 Å². The summed E-state index contributed by atoms with van der Waals surface area (Å²) in [4.78, 5) is 2.28. The normalized spacial score (nSPS) is 19.1. The van der Waals surface area contributed by atoms with Gasteiger partial charge >= 0.3 is 0 Å². The van der Waals surface area contributed by atoms with Gasteiger partial charge in [-0.3, -0.25) is 4.68 Å². The zero-order chi connectivity index (χ0) is 13.8. The largest absolute Gasteiger partial charge is 0.376 e. The highest BCUT2D eigenvalue weighted by atomic mass is 16.5. The van der Waals surface area contributed by atoms with Crippen molar-refractivity contribution in [3.63, 3.8) is 0 Å². The Hall–Kier alpha value is -1.07. The Labute approximate surface area is 115 Å². The summed E-state index contributed by atoms with van der Waals surface area (Å²) in [5, 5.41) is 7.95. The van der Waals surface area contributed by atoms with Crippen molar-refractivity contribution in [2.75, 3.05) is 31.6 Å². The predicted octanol–water partition coefficient (Wildman–Crippen LogP) is 1.45. The van der Waals surface area contributed by atoms with Gasteiger partial charge in [-0.05, 0) is 26.3 Å². The Morgan fingerprint density at radius 3 is 2.95 bits per heavy atom. The van der Waals surface area contributed by atoms with E-state index in [-0.39, 0.29) is 0 Å². The molecule has 0 spiro atoms. The zero-order valence-electron chi connectivity index (χ0n) is 12.6. The van der Waals surface area contributed by atoms with Gasteiger partial charge < -0.3 is 15.0 Å². The van der Waals surface area contributed by atoms with Gasteiger partial charge in [0.15, 0.2) is 0 Å². The van der Waals surface area contributed by atoms with E-state index in [2.05, 4.69) is 36.2 Å². The van der Waals surface area contributed by atoms with Crippen molar-refractivity contribution in [3.05, 3.63) is 11.3 Å².